The minimum absolute atomic E-state index is 0.201. The fourth-order valence-corrected chi connectivity index (χ4v) is 2.86. The summed E-state index contributed by atoms with van der Waals surface area (Å²) in [4.78, 5) is 16.3. The van der Waals surface area contributed by atoms with E-state index in [0.29, 0.717) is 11.4 Å². The summed E-state index contributed by atoms with van der Waals surface area (Å²) < 4.78 is 15.3. The number of nitrogens with zero attached hydrogens (tertiary/aromatic N) is 3. The number of aromatic nitrogens is 3. The molecule has 3 rings (SSSR count). The van der Waals surface area contributed by atoms with Crippen molar-refractivity contribution in [3.05, 3.63) is 64.5 Å². The van der Waals surface area contributed by atoms with Gasteiger partial charge in [0.15, 0.2) is 0 Å². The number of urea groups is 1. The van der Waals surface area contributed by atoms with Gasteiger partial charge in [-0.1, -0.05) is 18.2 Å². The number of nitrogens with one attached hydrogen (secondary N) is 2. The predicted octanol–water partition coefficient (Wildman–Crippen LogP) is 3.41. The van der Waals surface area contributed by atoms with Gasteiger partial charge in [-0.3, -0.25) is 5.32 Å². The van der Waals surface area contributed by atoms with E-state index >= 15 is 0 Å². The number of thiazole rings is 1. The Kier molecular flexibility index (Phi) is 4.85. The molecule has 1 atom stereocenters. The molecule has 24 heavy (non-hydrogen) atoms. The molecule has 0 unspecified atom stereocenters. The van der Waals surface area contributed by atoms with Crippen LogP contribution in [0.4, 0.5) is 15.0 Å². The molecule has 0 saturated heterocycles. The highest BCUT2D eigenvalue weighted by Gasteiger charge is 2.14. The number of hydrogen-bond donors (Lipinski definition) is 2. The van der Waals surface area contributed by atoms with Crippen molar-refractivity contribution in [2.45, 2.75) is 19.5 Å². The summed E-state index contributed by atoms with van der Waals surface area (Å²) in [5, 5.41) is 12.3. The van der Waals surface area contributed by atoms with Crippen molar-refractivity contribution in [3.63, 3.8) is 0 Å². The molecule has 8 heteroatoms. The van der Waals surface area contributed by atoms with Crippen LogP contribution in [-0.4, -0.2) is 20.8 Å². The fraction of sp³-hybridized carbons (Fsp3) is 0.188. The van der Waals surface area contributed by atoms with Crippen LogP contribution in [0.2, 0.25) is 0 Å². The average molecular weight is 345 g/mol. The van der Waals surface area contributed by atoms with E-state index in [0.717, 1.165) is 5.01 Å². The molecule has 6 nitrogen and oxygen atoms in total. The normalized spacial score (nSPS) is 11.9. The van der Waals surface area contributed by atoms with Crippen LogP contribution < -0.4 is 10.6 Å². The van der Waals surface area contributed by atoms with E-state index in [2.05, 4.69) is 20.7 Å². The molecule has 0 radical (unpaired) electrons. The van der Waals surface area contributed by atoms with Crippen LogP contribution in [0.1, 0.15) is 23.5 Å². The zero-order valence-corrected chi connectivity index (χ0v) is 13.8. The molecule has 0 aliphatic heterocycles. The van der Waals surface area contributed by atoms with Gasteiger partial charge in [-0.15, -0.1) is 11.3 Å². The maximum atomic E-state index is 13.8. The van der Waals surface area contributed by atoms with E-state index in [1.807, 2.05) is 12.3 Å². The van der Waals surface area contributed by atoms with Gasteiger partial charge in [0, 0.05) is 23.2 Å². The SMILES string of the molecule is C[C@@H](NC(=O)Nc1ccnn1Cc1ccccc1F)c1nccs1. The molecule has 124 valence electrons. The molecular weight excluding hydrogens is 329 g/mol. The second kappa shape index (κ2) is 7.22. The average Bonchev–Trinajstić information content (AvgIpc) is 3.22. The van der Waals surface area contributed by atoms with Gasteiger partial charge in [-0.25, -0.2) is 18.9 Å². The van der Waals surface area contributed by atoms with Gasteiger partial charge in [-0.05, 0) is 13.0 Å². The summed E-state index contributed by atoms with van der Waals surface area (Å²) in [5.74, 6) is 0.183. The minimum Gasteiger partial charge on any atom is -0.329 e. The van der Waals surface area contributed by atoms with E-state index < -0.39 is 0 Å². The number of halogens is 1. The molecule has 0 aliphatic carbocycles. The summed E-state index contributed by atoms with van der Waals surface area (Å²) in [5.41, 5.74) is 0.501. The number of anilines is 1. The molecule has 2 N–H and O–H groups in total. The molecule has 0 aliphatic rings. The van der Waals surface area contributed by atoms with Crippen molar-refractivity contribution in [1.82, 2.24) is 20.1 Å². The van der Waals surface area contributed by atoms with Gasteiger partial charge in [-0.2, -0.15) is 5.10 Å². The van der Waals surface area contributed by atoms with Crippen molar-refractivity contribution in [1.29, 1.82) is 0 Å². The van der Waals surface area contributed by atoms with Crippen LogP contribution in [0.15, 0.2) is 48.1 Å². The van der Waals surface area contributed by atoms with Gasteiger partial charge >= 0.3 is 6.03 Å². The van der Waals surface area contributed by atoms with Gasteiger partial charge < -0.3 is 5.32 Å². The lowest BCUT2D eigenvalue weighted by Gasteiger charge is -2.13. The maximum absolute atomic E-state index is 13.8. The lowest BCUT2D eigenvalue weighted by atomic mass is 10.2. The molecule has 3 aromatic rings. The van der Waals surface area contributed by atoms with Crippen LogP contribution in [0.25, 0.3) is 0 Å². The Morgan fingerprint density at radius 2 is 2.17 bits per heavy atom. The smallest absolute Gasteiger partial charge is 0.320 e. The first-order valence-corrected chi connectivity index (χ1v) is 8.23. The third-order valence-corrected chi connectivity index (χ3v) is 4.36. The van der Waals surface area contributed by atoms with Crippen LogP contribution in [0.3, 0.4) is 0 Å². The fourth-order valence-electron chi connectivity index (χ4n) is 2.21. The lowest BCUT2D eigenvalue weighted by molar-refractivity contribution is 0.249. The van der Waals surface area contributed by atoms with Gasteiger partial charge in [0.2, 0.25) is 0 Å². The summed E-state index contributed by atoms with van der Waals surface area (Å²) in [6, 6.07) is 7.57. The second-order valence-electron chi connectivity index (χ2n) is 5.16. The van der Waals surface area contributed by atoms with Crippen LogP contribution in [-0.2, 0) is 6.54 Å². The number of rotatable bonds is 5. The largest absolute Gasteiger partial charge is 0.329 e. The van der Waals surface area contributed by atoms with Gasteiger partial charge in [0.25, 0.3) is 0 Å². The highest BCUT2D eigenvalue weighted by Crippen LogP contribution is 2.16. The van der Waals surface area contributed by atoms with Crippen molar-refractivity contribution in [2.75, 3.05) is 5.32 Å². The van der Waals surface area contributed by atoms with E-state index in [4.69, 9.17) is 0 Å². The van der Waals surface area contributed by atoms with Crippen molar-refractivity contribution < 1.29 is 9.18 Å². The van der Waals surface area contributed by atoms with E-state index in [1.54, 1.807) is 36.7 Å². The van der Waals surface area contributed by atoms with Crippen LogP contribution in [0.5, 0.6) is 0 Å². The summed E-state index contributed by atoms with van der Waals surface area (Å²) in [7, 11) is 0. The predicted molar refractivity (Wildman–Crippen MR) is 90.4 cm³/mol. The molecular formula is C16H16FN5OS. The van der Waals surface area contributed by atoms with Gasteiger partial charge in [0.05, 0.1) is 18.8 Å². The Hall–Kier alpha value is -2.74. The number of benzene rings is 1. The monoisotopic (exact) mass is 345 g/mol. The molecule has 0 bridgehead atoms. The minimum atomic E-state index is -0.368. The Morgan fingerprint density at radius 1 is 1.33 bits per heavy atom. The second-order valence-corrected chi connectivity index (χ2v) is 6.08. The molecule has 2 amide bonds. The third kappa shape index (κ3) is 3.77. The molecule has 2 aromatic heterocycles. The van der Waals surface area contributed by atoms with Crippen molar-refractivity contribution in [2.24, 2.45) is 0 Å². The lowest BCUT2D eigenvalue weighted by Crippen LogP contribution is -2.32. The highest BCUT2D eigenvalue weighted by molar-refractivity contribution is 7.09. The first-order valence-electron chi connectivity index (χ1n) is 7.35. The standard InChI is InChI=1S/C16H16FN5OS/c1-11(15-18-8-9-24-15)20-16(23)21-14-6-7-19-22(14)10-12-4-2-3-5-13(12)17/h2-9,11H,10H2,1H3,(H2,20,21,23)/t11-/m1/s1. The number of carbonyl (C=O) groups excluding carboxylic acids is 1. The van der Waals surface area contributed by atoms with Crippen LogP contribution in [0, 0.1) is 5.82 Å². The topological polar surface area (TPSA) is 71.8 Å². The zero-order valence-electron chi connectivity index (χ0n) is 12.9. The maximum Gasteiger partial charge on any atom is 0.320 e. The Balaban J connectivity index is 1.65. The molecule has 0 fully saturated rings. The summed E-state index contributed by atoms with van der Waals surface area (Å²) in [6.45, 7) is 2.09. The third-order valence-electron chi connectivity index (χ3n) is 3.41. The Labute approximate surface area is 142 Å². The summed E-state index contributed by atoms with van der Waals surface area (Å²) >= 11 is 1.47. The van der Waals surface area contributed by atoms with E-state index in [-0.39, 0.29) is 24.4 Å². The van der Waals surface area contributed by atoms with Crippen molar-refractivity contribution in [3.8, 4) is 0 Å². The van der Waals surface area contributed by atoms with Crippen molar-refractivity contribution >= 4 is 23.2 Å². The zero-order chi connectivity index (χ0) is 16.9. The highest BCUT2D eigenvalue weighted by atomic mass is 32.1. The Morgan fingerprint density at radius 3 is 2.92 bits per heavy atom. The van der Waals surface area contributed by atoms with Gasteiger partial charge in [0.1, 0.15) is 16.6 Å². The molecule has 2 heterocycles. The molecule has 0 spiro atoms. The van der Waals surface area contributed by atoms with Crippen LogP contribution >= 0.6 is 11.3 Å². The number of amides is 2. The first-order chi connectivity index (χ1) is 11.6. The first kappa shape index (κ1) is 16.1. The number of carbonyl (C=O) groups is 1. The van der Waals surface area contributed by atoms with E-state index in [1.165, 1.54) is 22.1 Å². The molecule has 1 aromatic carbocycles. The number of hydrogen-bond acceptors (Lipinski definition) is 4. The quantitative estimate of drug-likeness (QED) is 0.744. The Bertz CT molecular complexity index is 818. The summed E-state index contributed by atoms with van der Waals surface area (Å²) in [6.07, 6.45) is 3.25. The molecule has 0 saturated carbocycles. The van der Waals surface area contributed by atoms with E-state index in [9.17, 15) is 9.18 Å².